The van der Waals surface area contributed by atoms with Gasteiger partial charge < -0.3 is 4.98 Å². The van der Waals surface area contributed by atoms with Crippen LogP contribution in [0.2, 0.25) is 0 Å². The Labute approximate surface area is 169 Å². The van der Waals surface area contributed by atoms with Crippen LogP contribution in [0.15, 0.2) is 71.7 Å². The van der Waals surface area contributed by atoms with Gasteiger partial charge >= 0.3 is 0 Å². The summed E-state index contributed by atoms with van der Waals surface area (Å²) in [5.41, 5.74) is 8.14. The smallest absolute Gasteiger partial charge is 0.135 e. The van der Waals surface area contributed by atoms with Crippen molar-refractivity contribution >= 4 is 33.3 Å². The number of aromatic nitrogens is 6. The Bertz CT molecular complexity index is 1450. The van der Waals surface area contributed by atoms with Crippen molar-refractivity contribution in [2.45, 2.75) is 0 Å². The van der Waals surface area contributed by atoms with Gasteiger partial charge in [0.05, 0.1) is 28.3 Å². The van der Waals surface area contributed by atoms with E-state index in [0.29, 0.717) is 0 Å². The summed E-state index contributed by atoms with van der Waals surface area (Å²) in [6, 6.07) is 15.9. The standard InChI is InChI=1S/C22H14N6S/c1-2-8-23-16(3-1)17-4-5-18-21(26-17)22(28-27-18)19-11-14-15(25-19)6-9-24-20(14)13-7-10-29-12-13/h1-12,25H,(H,27,28). The van der Waals surface area contributed by atoms with Crippen LogP contribution in [0.25, 0.3) is 56.0 Å². The molecule has 0 amide bonds. The molecule has 0 saturated carbocycles. The highest BCUT2D eigenvalue weighted by Gasteiger charge is 2.16. The van der Waals surface area contributed by atoms with Gasteiger partial charge in [-0.2, -0.15) is 16.4 Å². The second-order valence-electron chi connectivity index (χ2n) is 6.70. The number of H-pyrrole nitrogens is 2. The van der Waals surface area contributed by atoms with Gasteiger partial charge in [-0.15, -0.1) is 0 Å². The third-order valence-electron chi connectivity index (χ3n) is 4.93. The Kier molecular flexibility index (Phi) is 3.54. The zero-order valence-electron chi connectivity index (χ0n) is 15.1. The molecular formula is C22H14N6S. The lowest BCUT2D eigenvalue weighted by molar-refractivity contribution is 1.12. The van der Waals surface area contributed by atoms with Gasteiger partial charge in [-0.1, -0.05) is 6.07 Å². The molecule has 0 spiro atoms. The maximum absolute atomic E-state index is 4.83. The van der Waals surface area contributed by atoms with E-state index < -0.39 is 0 Å². The summed E-state index contributed by atoms with van der Waals surface area (Å²) in [5, 5.41) is 12.9. The summed E-state index contributed by atoms with van der Waals surface area (Å²) >= 11 is 1.67. The molecule has 0 radical (unpaired) electrons. The molecule has 6 heterocycles. The molecular weight excluding hydrogens is 380 g/mol. The molecule has 0 unspecified atom stereocenters. The monoisotopic (exact) mass is 394 g/mol. The number of rotatable bonds is 3. The minimum Gasteiger partial charge on any atom is -0.353 e. The van der Waals surface area contributed by atoms with Crippen LogP contribution in [0, 0.1) is 0 Å². The van der Waals surface area contributed by atoms with E-state index in [2.05, 4.69) is 48.0 Å². The minimum atomic E-state index is 0.783. The van der Waals surface area contributed by atoms with Gasteiger partial charge in [-0.05, 0) is 47.8 Å². The average Bonchev–Trinajstić information content (AvgIpc) is 3.52. The highest BCUT2D eigenvalue weighted by atomic mass is 32.1. The molecule has 0 aliphatic heterocycles. The van der Waals surface area contributed by atoms with Crippen LogP contribution >= 0.6 is 11.3 Å². The fourth-order valence-corrected chi connectivity index (χ4v) is 4.19. The summed E-state index contributed by atoms with van der Waals surface area (Å²) < 4.78 is 0. The Hall–Kier alpha value is -3.84. The predicted octanol–water partition coefficient (Wildman–Crippen LogP) is 5.29. The molecule has 0 atom stereocenters. The van der Waals surface area contributed by atoms with Crippen LogP contribution in [0.5, 0.6) is 0 Å². The Morgan fingerprint density at radius 2 is 1.83 bits per heavy atom. The molecule has 138 valence electrons. The van der Waals surface area contributed by atoms with Crippen LogP contribution in [0.4, 0.5) is 0 Å². The number of fused-ring (bicyclic) bond motifs is 2. The van der Waals surface area contributed by atoms with Crippen LogP contribution < -0.4 is 0 Å². The molecule has 2 N–H and O–H groups in total. The lowest BCUT2D eigenvalue weighted by Crippen LogP contribution is -1.87. The van der Waals surface area contributed by atoms with E-state index in [1.165, 1.54) is 0 Å². The van der Waals surface area contributed by atoms with Gasteiger partial charge in [-0.3, -0.25) is 15.1 Å². The number of thiophene rings is 1. The molecule has 0 fully saturated rings. The largest absolute Gasteiger partial charge is 0.353 e. The van der Waals surface area contributed by atoms with E-state index in [-0.39, 0.29) is 0 Å². The lowest BCUT2D eigenvalue weighted by atomic mass is 10.1. The van der Waals surface area contributed by atoms with E-state index in [1.807, 2.05) is 42.6 Å². The zero-order chi connectivity index (χ0) is 19.2. The first-order valence-electron chi connectivity index (χ1n) is 9.14. The van der Waals surface area contributed by atoms with E-state index in [0.717, 1.165) is 56.0 Å². The molecule has 0 aliphatic carbocycles. The SMILES string of the molecule is c1ccc(-c2ccc3[nH]nc(-c4cc5c(-c6ccsc6)nccc5[nH]4)c3n2)nc1. The Morgan fingerprint density at radius 1 is 0.828 bits per heavy atom. The van der Waals surface area contributed by atoms with Crippen molar-refractivity contribution in [1.82, 2.24) is 30.1 Å². The van der Waals surface area contributed by atoms with E-state index in [9.17, 15) is 0 Å². The minimum absolute atomic E-state index is 0.783. The average molecular weight is 394 g/mol. The maximum atomic E-state index is 4.83. The quantitative estimate of drug-likeness (QED) is 0.427. The first-order chi connectivity index (χ1) is 14.4. The topological polar surface area (TPSA) is 83.1 Å². The van der Waals surface area contributed by atoms with Crippen LogP contribution in [-0.2, 0) is 0 Å². The van der Waals surface area contributed by atoms with Crippen LogP contribution in [0.3, 0.4) is 0 Å². The van der Waals surface area contributed by atoms with Crippen molar-refractivity contribution < 1.29 is 0 Å². The van der Waals surface area contributed by atoms with Crippen molar-refractivity contribution in [3.8, 4) is 34.0 Å². The molecule has 0 bridgehead atoms. The number of nitrogens with one attached hydrogen (secondary N) is 2. The second-order valence-corrected chi connectivity index (χ2v) is 7.48. The molecule has 0 aromatic carbocycles. The van der Waals surface area contributed by atoms with Crippen LogP contribution in [0.1, 0.15) is 0 Å². The van der Waals surface area contributed by atoms with Gasteiger partial charge in [0, 0.05) is 34.2 Å². The van der Waals surface area contributed by atoms with Crippen molar-refractivity contribution in [1.29, 1.82) is 0 Å². The van der Waals surface area contributed by atoms with E-state index >= 15 is 0 Å². The highest BCUT2D eigenvalue weighted by Crippen LogP contribution is 2.33. The predicted molar refractivity (Wildman–Crippen MR) is 116 cm³/mol. The normalized spacial score (nSPS) is 11.4. The molecule has 6 rings (SSSR count). The fraction of sp³-hybridized carbons (Fsp3) is 0. The van der Waals surface area contributed by atoms with E-state index in [1.54, 1.807) is 17.5 Å². The summed E-state index contributed by atoms with van der Waals surface area (Å²) in [7, 11) is 0. The van der Waals surface area contributed by atoms with Gasteiger partial charge in [0.25, 0.3) is 0 Å². The lowest BCUT2D eigenvalue weighted by Gasteiger charge is -2.00. The van der Waals surface area contributed by atoms with Gasteiger partial charge in [-0.25, -0.2) is 4.98 Å². The fourth-order valence-electron chi connectivity index (χ4n) is 3.55. The summed E-state index contributed by atoms with van der Waals surface area (Å²) in [4.78, 5) is 17.3. The zero-order valence-corrected chi connectivity index (χ0v) is 15.9. The summed E-state index contributed by atoms with van der Waals surface area (Å²) in [6.45, 7) is 0. The number of aromatic amines is 2. The highest BCUT2D eigenvalue weighted by molar-refractivity contribution is 7.08. The number of hydrogen-bond acceptors (Lipinski definition) is 5. The first kappa shape index (κ1) is 16.1. The Morgan fingerprint density at radius 3 is 2.69 bits per heavy atom. The Balaban J connectivity index is 1.53. The van der Waals surface area contributed by atoms with Crippen molar-refractivity contribution in [3.05, 3.63) is 71.7 Å². The molecule has 6 aromatic rings. The van der Waals surface area contributed by atoms with E-state index in [4.69, 9.17) is 4.98 Å². The van der Waals surface area contributed by atoms with Gasteiger partial charge in [0.2, 0.25) is 0 Å². The van der Waals surface area contributed by atoms with Crippen molar-refractivity contribution in [2.75, 3.05) is 0 Å². The third-order valence-corrected chi connectivity index (χ3v) is 5.62. The molecule has 6 aromatic heterocycles. The van der Waals surface area contributed by atoms with Crippen LogP contribution in [-0.4, -0.2) is 30.1 Å². The van der Waals surface area contributed by atoms with Gasteiger partial charge in [0.1, 0.15) is 11.2 Å². The van der Waals surface area contributed by atoms with Gasteiger partial charge in [0.15, 0.2) is 0 Å². The molecule has 7 heteroatoms. The second kappa shape index (κ2) is 6.35. The molecule has 6 nitrogen and oxygen atoms in total. The summed E-state index contributed by atoms with van der Waals surface area (Å²) in [6.07, 6.45) is 3.60. The molecule has 0 saturated heterocycles. The third kappa shape index (κ3) is 2.63. The molecule has 0 aliphatic rings. The maximum Gasteiger partial charge on any atom is 0.135 e. The number of nitrogens with zero attached hydrogens (tertiary/aromatic N) is 4. The summed E-state index contributed by atoms with van der Waals surface area (Å²) in [5.74, 6) is 0. The number of pyridine rings is 3. The number of hydrogen-bond donors (Lipinski definition) is 2. The van der Waals surface area contributed by atoms with Crippen molar-refractivity contribution in [3.63, 3.8) is 0 Å². The first-order valence-corrected chi connectivity index (χ1v) is 10.1. The van der Waals surface area contributed by atoms with Crippen molar-refractivity contribution in [2.24, 2.45) is 0 Å². The molecule has 29 heavy (non-hydrogen) atoms.